The summed E-state index contributed by atoms with van der Waals surface area (Å²) in [5.41, 5.74) is 1.09. The van der Waals surface area contributed by atoms with Gasteiger partial charge in [0.1, 0.15) is 11.0 Å². The van der Waals surface area contributed by atoms with Gasteiger partial charge >= 0.3 is 11.4 Å². The zero-order valence-corrected chi connectivity index (χ0v) is 11.5. The van der Waals surface area contributed by atoms with Crippen molar-refractivity contribution in [2.45, 2.75) is 13.8 Å². The minimum atomic E-state index is -0.882. The summed E-state index contributed by atoms with van der Waals surface area (Å²) in [6.07, 6.45) is 0. The zero-order valence-electron chi connectivity index (χ0n) is 11.5. The highest BCUT2D eigenvalue weighted by Gasteiger charge is 2.21. The molecule has 0 amide bonds. The van der Waals surface area contributed by atoms with Crippen LogP contribution in [0.5, 0.6) is 0 Å². The van der Waals surface area contributed by atoms with Gasteiger partial charge in [-0.1, -0.05) is 18.2 Å². The third kappa shape index (κ3) is 1.92. The fraction of sp³-hybridized carbons (Fsp3) is 0.133. The third-order valence-corrected chi connectivity index (χ3v) is 3.55. The molecule has 0 aliphatic carbocycles. The number of nitrogens with one attached hydrogen (secondary N) is 1. The monoisotopic (exact) mass is 284 g/mol. The van der Waals surface area contributed by atoms with E-state index in [-0.39, 0.29) is 16.9 Å². The van der Waals surface area contributed by atoms with Gasteiger partial charge in [0.2, 0.25) is 0 Å². The first-order valence-electron chi connectivity index (χ1n) is 6.35. The van der Waals surface area contributed by atoms with Crippen LogP contribution in [-0.4, -0.2) is 15.5 Å². The van der Waals surface area contributed by atoms with Crippen LogP contribution in [0.4, 0.5) is 0 Å². The molecule has 0 aliphatic heterocycles. The van der Waals surface area contributed by atoms with E-state index in [0.29, 0.717) is 16.8 Å². The van der Waals surface area contributed by atoms with Gasteiger partial charge in [0, 0.05) is 11.3 Å². The Morgan fingerprint density at radius 1 is 1.14 bits per heavy atom. The van der Waals surface area contributed by atoms with Crippen LogP contribution >= 0.6 is 0 Å². The molecular formula is C15H12N2O4. The Labute approximate surface area is 118 Å². The highest BCUT2D eigenvalue weighted by Crippen LogP contribution is 2.21. The Hall–Kier alpha value is -2.89. The Morgan fingerprint density at radius 3 is 2.48 bits per heavy atom. The summed E-state index contributed by atoms with van der Waals surface area (Å²) < 4.78 is 5.87. The molecule has 6 nitrogen and oxygen atoms in total. The molecule has 0 fully saturated rings. The van der Waals surface area contributed by atoms with Crippen LogP contribution in [0, 0.1) is 13.8 Å². The standard InChI is InChI=1S/C15H12N2O4/c1-8-9(2)17(13(18)10-6-4-3-5-7-10)12-11(8)14(19)21-15(20)16-12/h3-7H,1-2H3,(H,16,20). The molecule has 0 atom stereocenters. The highest BCUT2D eigenvalue weighted by molar-refractivity contribution is 6.02. The lowest BCUT2D eigenvalue weighted by Crippen LogP contribution is -2.19. The average Bonchev–Trinajstić information content (AvgIpc) is 2.71. The van der Waals surface area contributed by atoms with Gasteiger partial charge in [-0.3, -0.25) is 14.3 Å². The van der Waals surface area contributed by atoms with Crippen molar-refractivity contribution < 1.29 is 9.21 Å². The summed E-state index contributed by atoms with van der Waals surface area (Å²) in [5.74, 6) is -1.19. The largest absolute Gasteiger partial charge is 0.420 e. The van der Waals surface area contributed by atoms with E-state index in [1.54, 1.807) is 44.2 Å². The first-order valence-corrected chi connectivity index (χ1v) is 6.35. The molecule has 1 N–H and O–H groups in total. The van der Waals surface area contributed by atoms with E-state index in [4.69, 9.17) is 0 Å². The van der Waals surface area contributed by atoms with Crippen LogP contribution in [0.25, 0.3) is 11.0 Å². The van der Waals surface area contributed by atoms with Gasteiger partial charge in [-0.2, -0.15) is 0 Å². The van der Waals surface area contributed by atoms with Crippen LogP contribution in [0.2, 0.25) is 0 Å². The molecule has 0 saturated heterocycles. The first-order chi connectivity index (χ1) is 10.0. The van der Waals surface area contributed by atoms with Crippen molar-refractivity contribution in [3.63, 3.8) is 0 Å². The van der Waals surface area contributed by atoms with Crippen molar-refractivity contribution in [1.82, 2.24) is 9.55 Å². The SMILES string of the molecule is Cc1c(C)n(C(=O)c2ccccc2)c2[nH]c(=O)oc(=O)c12. The number of H-pyrrole nitrogens is 1. The number of nitrogens with zero attached hydrogens (tertiary/aromatic N) is 1. The van der Waals surface area contributed by atoms with E-state index in [1.165, 1.54) is 4.57 Å². The van der Waals surface area contributed by atoms with E-state index in [0.717, 1.165) is 0 Å². The van der Waals surface area contributed by atoms with Crippen LogP contribution in [0.3, 0.4) is 0 Å². The van der Waals surface area contributed by atoms with Crippen LogP contribution < -0.4 is 11.4 Å². The zero-order chi connectivity index (χ0) is 15.1. The number of benzene rings is 1. The number of carbonyl (C=O) groups excluding carboxylic acids is 1. The number of fused-ring (bicyclic) bond motifs is 1. The second-order valence-electron chi connectivity index (χ2n) is 4.74. The molecule has 3 aromatic rings. The van der Waals surface area contributed by atoms with E-state index < -0.39 is 11.4 Å². The predicted molar refractivity (Wildman–Crippen MR) is 76.7 cm³/mol. The lowest BCUT2D eigenvalue weighted by atomic mass is 10.2. The fourth-order valence-corrected chi connectivity index (χ4v) is 2.39. The minimum Gasteiger partial charge on any atom is -0.372 e. The maximum atomic E-state index is 12.6. The second-order valence-corrected chi connectivity index (χ2v) is 4.74. The Morgan fingerprint density at radius 2 is 1.81 bits per heavy atom. The number of hydrogen-bond donors (Lipinski definition) is 1. The smallest absolute Gasteiger partial charge is 0.372 e. The van der Waals surface area contributed by atoms with Crippen molar-refractivity contribution in [2.75, 3.05) is 0 Å². The molecule has 106 valence electrons. The first kappa shape index (κ1) is 13.1. The summed E-state index contributed by atoms with van der Waals surface area (Å²) in [5, 5.41) is 0.219. The van der Waals surface area contributed by atoms with Crippen molar-refractivity contribution in [3.05, 3.63) is 68.1 Å². The normalized spacial score (nSPS) is 11.0. The highest BCUT2D eigenvalue weighted by atomic mass is 16.4. The molecule has 0 spiro atoms. The Kier molecular flexibility index (Phi) is 2.86. The summed E-state index contributed by atoms with van der Waals surface area (Å²) in [4.78, 5) is 38.3. The van der Waals surface area contributed by atoms with Gasteiger partial charge < -0.3 is 4.42 Å². The topological polar surface area (TPSA) is 85.1 Å². The summed E-state index contributed by atoms with van der Waals surface area (Å²) >= 11 is 0. The number of aryl methyl sites for hydroxylation is 1. The number of hydrogen-bond acceptors (Lipinski definition) is 4. The molecular weight excluding hydrogens is 272 g/mol. The predicted octanol–water partition coefficient (Wildman–Crippen LogP) is 1.59. The number of rotatable bonds is 1. The minimum absolute atomic E-state index is 0.167. The van der Waals surface area contributed by atoms with Crippen LogP contribution in [-0.2, 0) is 0 Å². The van der Waals surface area contributed by atoms with Crippen molar-refractivity contribution in [2.24, 2.45) is 0 Å². The maximum Gasteiger partial charge on any atom is 0.420 e. The van der Waals surface area contributed by atoms with Crippen LogP contribution in [0.1, 0.15) is 21.6 Å². The average molecular weight is 284 g/mol. The fourth-order valence-electron chi connectivity index (χ4n) is 2.39. The van der Waals surface area contributed by atoms with Gasteiger partial charge in [0.25, 0.3) is 5.91 Å². The molecule has 2 aromatic heterocycles. The quantitative estimate of drug-likeness (QED) is 0.735. The van der Waals surface area contributed by atoms with Gasteiger partial charge in [-0.15, -0.1) is 0 Å². The van der Waals surface area contributed by atoms with E-state index >= 15 is 0 Å². The molecule has 0 aliphatic rings. The van der Waals surface area contributed by atoms with Gasteiger partial charge in [0.15, 0.2) is 0 Å². The molecule has 21 heavy (non-hydrogen) atoms. The van der Waals surface area contributed by atoms with Gasteiger partial charge in [-0.05, 0) is 31.5 Å². The van der Waals surface area contributed by atoms with Crippen molar-refractivity contribution in [3.8, 4) is 0 Å². The number of carbonyl (C=O) groups is 1. The summed E-state index contributed by atoms with van der Waals surface area (Å²) in [7, 11) is 0. The summed E-state index contributed by atoms with van der Waals surface area (Å²) in [6.45, 7) is 3.43. The van der Waals surface area contributed by atoms with Gasteiger partial charge in [0.05, 0.1) is 0 Å². The van der Waals surface area contributed by atoms with Crippen molar-refractivity contribution in [1.29, 1.82) is 0 Å². The van der Waals surface area contributed by atoms with Crippen molar-refractivity contribution >= 4 is 16.9 Å². The van der Waals surface area contributed by atoms with E-state index in [1.807, 2.05) is 0 Å². The molecule has 0 radical (unpaired) electrons. The summed E-state index contributed by atoms with van der Waals surface area (Å²) in [6, 6.07) is 8.65. The third-order valence-electron chi connectivity index (χ3n) is 3.55. The second kappa shape index (κ2) is 4.59. The number of aromatic nitrogens is 2. The molecule has 2 heterocycles. The van der Waals surface area contributed by atoms with E-state index in [9.17, 15) is 14.4 Å². The molecule has 0 unspecified atom stereocenters. The Bertz CT molecular complexity index is 961. The molecule has 0 bridgehead atoms. The van der Waals surface area contributed by atoms with E-state index in [2.05, 4.69) is 9.40 Å². The lowest BCUT2D eigenvalue weighted by Gasteiger charge is -2.06. The maximum absolute atomic E-state index is 12.6. The molecule has 1 aromatic carbocycles. The van der Waals surface area contributed by atoms with Gasteiger partial charge in [-0.25, -0.2) is 9.59 Å². The lowest BCUT2D eigenvalue weighted by molar-refractivity contribution is 0.0962. The molecule has 0 saturated carbocycles. The molecule has 3 rings (SSSR count). The molecule has 6 heteroatoms. The Balaban J connectivity index is 2.39. The van der Waals surface area contributed by atoms with Crippen LogP contribution in [0.15, 0.2) is 44.3 Å². The number of aromatic amines is 1.